The van der Waals surface area contributed by atoms with Crippen LogP contribution in [0.1, 0.15) is 39.6 Å². The van der Waals surface area contributed by atoms with Crippen LogP contribution in [-0.2, 0) is 11.2 Å². The van der Waals surface area contributed by atoms with Gasteiger partial charge in [-0.05, 0) is 34.6 Å². The number of carbonyl (C=O) groups excluding carboxylic acids is 1. The Bertz CT molecular complexity index is 568. The minimum absolute atomic E-state index is 0.159. The molecule has 1 N–H and O–H groups in total. The monoisotopic (exact) mass is 351 g/mol. The molecule has 24 heavy (non-hydrogen) atoms. The number of carbonyl (C=O) groups is 1. The van der Waals surface area contributed by atoms with Crippen molar-refractivity contribution in [3.05, 3.63) is 16.6 Å². The lowest BCUT2D eigenvalue weighted by atomic mass is 9.96. The number of amides is 1. The number of nitrogens with one attached hydrogen (secondary N) is 1. The maximum absolute atomic E-state index is 12.6. The molecule has 0 radical (unpaired) electrons. The van der Waals surface area contributed by atoms with E-state index in [1.54, 1.807) is 11.3 Å². The summed E-state index contributed by atoms with van der Waals surface area (Å²) in [5.74, 6) is 0.977. The van der Waals surface area contributed by atoms with E-state index >= 15 is 0 Å². The standard InChI is InChI=1S/C17H29N5OS/c1-6-18-16(20-8-7-14-19-9-10-24-14)21-11-15(23)22(13(2)3)17(4,5)12-21/h9-10,13H,6-8,11-12H2,1-5H3,(H,18,20). The van der Waals surface area contributed by atoms with Crippen molar-refractivity contribution >= 4 is 23.2 Å². The molecule has 1 aliphatic heterocycles. The molecular formula is C17H29N5OS. The Morgan fingerprint density at radius 3 is 2.79 bits per heavy atom. The van der Waals surface area contributed by atoms with Gasteiger partial charge in [-0.1, -0.05) is 0 Å². The van der Waals surface area contributed by atoms with Gasteiger partial charge < -0.3 is 15.1 Å². The summed E-state index contributed by atoms with van der Waals surface area (Å²) in [5.41, 5.74) is -0.213. The third-order valence-electron chi connectivity index (χ3n) is 4.05. The molecule has 0 atom stereocenters. The van der Waals surface area contributed by atoms with Crippen LogP contribution in [0.4, 0.5) is 0 Å². The minimum atomic E-state index is -0.213. The van der Waals surface area contributed by atoms with Gasteiger partial charge in [0.1, 0.15) is 0 Å². The van der Waals surface area contributed by atoms with Gasteiger partial charge in [-0.2, -0.15) is 0 Å². The minimum Gasteiger partial charge on any atom is -0.357 e. The van der Waals surface area contributed by atoms with E-state index in [9.17, 15) is 4.79 Å². The van der Waals surface area contributed by atoms with Crippen LogP contribution in [0.5, 0.6) is 0 Å². The van der Waals surface area contributed by atoms with E-state index in [2.05, 4.69) is 42.9 Å². The number of nitrogens with zero attached hydrogens (tertiary/aromatic N) is 4. The molecule has 7 heteroatoms. The van der Waals surface area contributed by atoms with E-state index < -0.39 is 0 Å². The number of thiazole rings is 1. The second-order valence-corrected chi connectivity index (χ2v) is 7.92. The summed E-state index contributed by atoms with van der Waals surface area (Å²) in [6.45, 7) is 13.1. The third kappa shape index (κ3) is 4.47. The first kappa shape index (κ1) is 18.7. The molecule has 1 aromatic heterocycles. The molecule has 6 nitrogen and oxygen atoms in total. The van der Waals surface area contributed by atoms with E-state index in [1.165, 1.54) is 0 Å². The van der Waals surface area contributed by atoms with Crippen LogP contribution in [-0.4, -0.2) is 64.4 Å². The number of aromatic nitrogens is 1. The van der Waals surface area contributed by atoms with Crippen LogP contribution in [0.25, 0.3) is 0 Å². The molecule has 0 aliphatic carbocycles. The largest absolute Gasteiger partial charge is 0.357 e. The van der Waals surface area contributed by atoms with Gasteiger partial charge >= 0.3 is 0 Å². The SMILES string of the molecule is CCNC(=NCCc1nccs1)N1CC(=O)N(C(C)C)C(C)(C)C1. The summed E-state index contributed by atoms with van der Waals surface area (Å²) in [4.78, 5) is 25.7. The average molecular weight is 352 g/mol. The maximum atomic E-state index is 12.6. The first-order valence-corrected chi connectivity index (χ1v) is 9.47. The Morgan fingerprint density at radius 2 is 2.25 bits per heavy atom. The van der Waals surface area contributed by atoms with E-state index in [0.717, 1.165) is 30.5 Å². The highest BCUT2D eigenvalue weighted by molar-refractivity contribution is 7.09. The highest BCUT2D eigenvalue weighted by Crippen LogP contribution is 2.24. The molecule has 0 spiro atoms. The number of piperazine rings is 1. The summed E-state index contributed by atoms with van der Waals surface area (Å²) in [5, 5.41) is 6.40. The van der Waals surface area contributed by atoms with Gasteiger partial charge in [-0.3, -0.25) is 9.79 Å². The number of hydrogen-bond donors (Lipinski definition) is 1. The quantitative estimate of drug-likeness (QED) is 0.651. The lowest BCUT2D eigenvalue weighted by Crippen LogP contribution is -2.66. The molecule has 1 saturated heterocycles. The fraction of sp³-hybridized carbons (Fsp3) is 0.706. The van der Waals surface area contributed by atoms with E-state index in [1.807, 2.05) is 23.4 Å². The number of aliphatic imine (C=N–C) groups is 1. The predicted octanol–water partition coefficient (Wildman–Crippen LogP) is 1.98. The molecule has 1 fully saturated rings. The Kier molecular flexibility index (Phi) is 6.21. The van der Waals surface area contributed by atoms with Gasteiger partial charge in [0, 0.05) is 43.7 Å². The van der Waals surface area contributed by atoms with E-state index in [4.69, 9.17) is 4.99 Å². The molecule has 1 aromatic rings. The van der Waals surface area contributed by atoms with Crippen molar-refractivity contribution < 1.29 is 4.79 Å². The second-order valence-electron chi connectivity index (χ2n) is 6.94. The Hall–Kier alpha value is -1.63. The molecule has 1 aliphatic rings. The predicted molar refractivity (Wildman–Crippen MR) is 99.4 cm³/mol. The van der Waals surface area contributed by atoms with Crippen molar-refractivity contribution in [1.82, 2.24) is 20.1 Å². The van der Waals surface area contributed by atoms with E-state index in [-0.39, 0.29) is 17.5 Å². The topological polar surface area (TPSA) is 60.8 Å². The highest BCUT2D eigenvalue weighted by atomic mass is 32.1. The molecule has 2 rings (SSSR count). The third-order valence-corrected chi connectivity index (χ3v) is 4.89. The number of hydrogen-bond acceptors (Lipinski definition) is 4. The second kappa shape index (κ2) is 7.96. The van der Waals surface area contributed by atoms with Crippen molar-refractivity contribution in [1.29, 1.82) is 0 Å². The van der Waals surface area contributed by atoms with Crippen molar-refractivity contribution in [3.8, 4) is 0 Å². The average Bonchev–Trinajstić information content (AvgIpc) is 2.97. The van der Waals surface area contributed by atoms with Gasteiger partial charge in [0.25, 0.3) is 0 Å². The summed E-state index contributed by atoms with van der Waals surface area (Å²) in [6.07, 6.45) is 2.65. The Labute approximate surface area is 149 Å². The van der Waals surface area contributed by atoms with Crippen LogP contribution in [0.2, 0.25) is 0 Å². The summed E-state index contributed by atoms with van der Waals surface area (Å²) in [6, 6.07) is 0.207. The summed E-state index contributed by atoms with van der Waals surface area (Å²) < 4.78 is 0. The molecular weight excluding hydrogens is 322 g/mol. The van der Waals surface area contributed by atoms with Crippen LogP contribution < -0.4 is 5.32 Å². The lowest BCUT2D eigenvalue weighted by Gasteiger charge is -2.49. The normalized spacial score (nSPS) is 18.4. The summed E-state index contributed by atoms with van der Waals surface area (Å²) in [7, 11) is 0. The molecule has 0 unspecified atom stereocenters. The molecule has 0 saturated carbocycles. The zero-order chi connectivity index (χ0) is 17.7. The van der Waals surface area contributed by atoms with Crippen LogP contribution in [0.15, 0.2) is 16.6 Å². The van der Waals surface area contributed by atoms with Crippen molar-refractivity contribution in [2.24, 2.45) is 4.99 Å². The summed E-state index contributed by atoms with van der Waals surface area (Å²) >= 11 is 1.65. The van der Waals surface area contributed by atoms with Crippen LogP contribution in [0.3, 0.4) is 0 Å². The van der Waals surface area contributed by atoms with Crippen LogP contribution >= 0.6 is 11.3 Å². The zero-order valence-electron chi connectivity index (χ0n) is 15.4. The number of rotatable bonds is 5. The van der Waals surface area contributed by atoms with Gasteiger partial charge in [0.15, 0.2) is 5.96 Å². The molecule has 1 amide bonds. The first-order valence-electron chi connectivity index (χ1n) is 8.59. The zero-order valence-corrected chi connectivity index (χ0v) is 16.2. The highest BCUT2D eigenvalue weighted by Gasteiger charge is 2.40. The van der Waals surface area contributed by atoms with Crippen molar-refractivity contribution in [2.45, 2.75) is 52.6 Å². The fourth-order valence-electron chi connectivity index (χ4n) is 3.37. The number of guanidine groups is 1. The molecule has 0 bridgehead atoms. The van der Waals surface area contributed by atoms with Gasteiger partial charge in [0.2, 0.25) is 5.91 Å². The van der Waals surface area contributed by atoms with Gasteiger partial charge in [-0.25, -0.2) is 4.98 Å². The first-order chi connectivity index (χ1) is 11.3. The molecule has 0 aromatic carbocycles. The smallest absolute Gasteiger partial charge is 0.242 e. The van der Waals surface area contributed by atoms with E-state index in [0.29, 0.717) is 13.1 Å². The van der Waals surface area contributed by atoms with Crippen molar-refractivity contribution in [2.75, 3.05) is 26.2 Å². The van der Waals surface area contributed by atoms with Gasteiger partial charge in [-0.15, -0.1) is 11.3 Å². The lowest BCUT2D eigenvalue weighted by molar-refractivity contribution is -0.145. The van der Waals surface area contributed by atoms with Crippen molar-refractivity contribution in [3.63, 3.8) is 0 Å². The molecule has 134 valence electrons. The maximum Gasteiger partial charge on any atom is 0.242 e. The van der Waals surface area contributed by atoms with Gasteiger partial charge in [0.05, 0.1) is 17.1 Å². The fourth-order valence-corrected chi connectivity index (χ4v) is 3.98. The Balaban J connectivity index is 2.08. The Morgan fingerprint density at radius 1 is 1.50 bits per heavy atom. The molecule has 2 heterocycles. The van der Waals surface area contributed by atoms with Crippen LogP contribution in [0, 0.1) is 0 Å².